The maximum atomic E-state index is 12.7. The summed E-state index contributed by atoms with van der Waals surface area (Å²) >= 11 is 0. The van der Waals surface area contributed by atoms with Crippen LogP contribution >= 0.6 is 0 Å². The lowest BCUT2D eigenvalue weighted by Crippen LogP contribution is -2.28. The van der Waals surface area contributed by atoms with Gasteiger partial charge < -0.3 is 0 Å². The van der Waals surface area contributed by atoms with Gasteiger partial charge in [0.2, 0.25) is 10.0 Å². The van der Waals surface area contributed by atoms with Crippen molar-refractivity contribution in [3.63, 3.8) is 0 Å². The molecule has 0 aliphatic heterocycles. The first-order valence-corrected chi connectivity index (χ1v) is 6.66. The molecule has 2 rings (SSSR count). The van der Waals surface area contributed by atoms with Crippen LogP contribution in [0, 0.1) is 11.7 Å². The molecule has 0 amide bonds. The van der Waals surface area contributed by atoms with Crippen LogP contribution in [-0.2, 0) is 10.0 Å². The second-order valence-electron chi connectivity index (χ2n) is 4.18. The number of halogens is 1. The smallest absolute Gasteiger partial charge is 0.207 e. The van der Waals surface area contributed by atoms with Crippen molar-refractivity contribution in [1.29, 1.82) is 0 Å². The van der Waals surface area contributed by atoms with E-state index in [9.17, 15) is 12.8 Å². The molecule has 0 aromatic heterocycles. The molecule has 0 atom stereocenters. The summed E-state index contributed by atoms with van der Waals surface area (Å²) in [6.45, 7) is 0.555. The molecule has 1 aromatic carbocycles. The van der Waals surface area contributed by atoms with E-state index in [4.69, 9.17) is 0 Å². The predicted octanol–water partition coefficient (Wildman–Crippen LogP) is 1.86. The third-order valence-electron chi connectivity index (χ3n) is 2.73. The Morgan fingerprint density at radius 1 is 1.31 bits per heavy atom. The van der Waals surface area contributed by atoms with E-state index in [2.05, 4.69) is 0 Å². The van der Waals surface area contributed by atoms with Gasteiger partial charge in [-0.3, -0.25) is 0 Å². The Morgan fingerprint density at radius 2 is 1.88 bits per heavy atom. The van der Waals surface area contributed by atoms with E-state index < -0.39 is 15.8 Å². The molecule has 16 heavy (non-hydrogen) atoms. The van der Waals surface area contributed by atoms with E-state index in [1.807, 2.05) is 0 Å². The Kier molecular flexibility index (Phi) is 2.99. The SMILES string of the molecule is CN(CC1CC1)S(=O)(=O)c1ccc(F)cc1. The Balaban J connectivity index is 2.19. The minimum atomic E-state index is -3.44. The van der Waals surface area contributed by atoms with E-state index in [-0.39, 0.29) is 4.90 Å². The van der Waals surface area contributed by atoms with Crippen molar-refractivity contribution in [2.45, 2.75) is 17.7 Å². The van der Waals surface area contributed by atoms with E-state index in [1.54, 1.807) is 7.05 Å². The summed E-state index contributed by atoms with van der Waals surface area (Å²) in [4.78, 5) is 0.150. The van der Waals surface area contributed by atoms with Gasteiger partial charge in [0, 0.05) is 13.6 Å². The average Bonchev–Trinajstić information content (AvgIpc) is 3.02. The first-order valence-electron chi connectivity index (χ1n) is 5.22. The van der Waals surface area contributed by atoms with Gasteiger partial charge >= 0.3 is 0 Å². The van der Waals surface area contributed by atoms with Gasteiger partial charge in [-0.05, 0) is 43.0 Å². The standard InChI is InChI=1S/C11H14FNO2S/c1-13(8-9-2-3-9)16(14,15)11-6-4-10(12)5-7-11/h4-7,9H,2-3,8H2,1H3. The fourth-order valence-corrected chi connectivity index (χ4v) is 2.80. The third kappa shape index (κ3) is 2.41. The number of hydrogen-bond donors (Lipinski definition) is 0. The molecule has 1 aromatic rings. The summed E-state index contributed by atoms with van der Waals surface area (Å²) < 4.78 is 38.1. The zero-order valence-electron chi connectivity index (χ0n) is 9.06. The van der Waals surface area contributed by atoms with Crippen LogP contribution in [0.1, 0.15) is 12.8 Å². The van der Waals surface area contributed by atoms with Gasteiger partial charge in [0.1, 0.15) is 5.82 Å². The molecule has 0 heterocycles. The molecule has 3 nitrogen and oxygen atoms in total. The van der Waals surface area contributed by atoms with Gasteiger partial charge in [-0.15, -0.1) is 0 Å². The largest absolute Gasteiger partial charge is 0.242 e. The van der Waals surface area contributed by atoms with Crippen molar-refractivity contribution in [2.24, 2.45) is 5.92 Å². The van der Waals surface area contributed by atoms with Crippen molar-refractivity contribution < 1.29 is 12.8 Å². The zero-order chi connectivity index (χ0) is 11.8. The van der Waals surface area contributed by atoms with Gasteiger partial charge in [0.05, 0.1) is 4.90 Å². The number of sulfonamides is 1. The third-order valence-corrected chi connectivity index (χ3v) is 4.57. The van der Waals surface area contributed by atoms with Crippen LogP contribution in [0.4, 0.5) is 4.39 Å². The minimum Gasteiger partial charge on any atom is -0.207 e. The molecule has 1 saturated carbocycles. The average molecular weight is 243 g/mol. The molecule has 0 unspecified atom stereocenters. The van der Waals surface area contributed by atoms with E-state index in [0.29, 0.717) is 12.5 Å². The highest BCUT2D eigenvalue weighted by Crippen LogP contribution is 2.30. The molecule has 88 valence electrons. The van der Waals surface area contributed by atoms with E-state index >= 15 is 0 Å². The number of benzene rings is 1. The lowest BCUT2D eigenvalue weighted by atomic mass is 10.4. The van der Waals surface area contributed by atoms with Crippen molar-refractivity contribution in [2.75, 3.05) is 13.6 Å². The van der Waals surface area contributed by atoms with E-state index in [0.717, 1.165) is 25.0 Å². The summed E-state index contributed by atoms with van der Waals surface area (Å²) in [5.74, 6) is 0.0732. The maximum absolute atomic E-state index is 12.7. The van der Waals surface area contributed by atoms with Gasteiger partial charge in [-0.1, -0.05) is 0 Å². The van der Waals surface area contributed by atoms with Gasteiger partial charge in [-0.25, -0.2) is 17.1 Å². The second kappa shape index (κ2) is 4.14. The highest BCUT2D eigenvalue weighted by Gasteiger charge is 2.28. The van der Waals surface area contributed by atoms with Gasteiger partial charge in [-0.2, -0.15) is 0 Å². The summed E-state index contributed by atoms with van der Waals surface area (Å²) in [6, 6.07) is 4.93. The van der Waals surface area contributed by atoms with Crippen molar-refractivity contribution in [3.8, 4) is 0 Å². The van der Waals surface area contributed by atoms with Crippen LogP contribution in [0.25, 0.3) is 0 Å². The zero-order valence-corrected chi connectivity index (χ0v) is 9.87. The van der Waals surface area contributed by atoms with Crippen LogP contribution in [0.3, 0.4) is 0 Å². The summed E-state index contributed by atoms with van der Waals surface area (Å²) in [5, 5.41) is 0. The van der Waals surface area contributed by atoms with Crippen LogP contribution in [0.15, 0.2) is 29.2 Å². The van der Waals surface area contributed by atoms with E-state index in [1.165, 1.54) is 16.4 Å². The summed E-state index contributed by atoms with van der Waals surface area (Å²) in [6.07, 6.45) is 2.20. The van der Waals surface area contributed by atoms with Gasteiger partial charge in [0.25, 0.3) is 0 Å². The molecule has 0 bridgehead atoms. The van der Waals surface area contributed by atoms with Crippen molar-refractivity contribution in [1.82, 2.24) is 4.31 Å². The highest BCUT2D eigenvalue weighted by molar-refractivity contribution is 7.89. The quantitative estimate of drug-likeness (QED) is 0.809. The molecule has 0 radical (unpaired) electrons. The monoisotopic (exact) mass is 243 g/mol. The number of nitrogens with zero attached hydrogens (tertiary/aromatic N) is 1. The number of hydrogen-bond acceptors (Lipinski definition) is 2. The molecule has 0 saturated heterocycles. The topological polar surface area (TPSA) is 37.4 Å². The molecular weight excluding hydrogens is 229 g/mol. The molecular formula is C11H14FNO2S. The Bertz CT molecular complexity index is 465. The normalized spacial score (nSPS) is 16.7. The first kappa shape index (κ1) is 11.5. The number of rotatable bonds is 4. The van der Waals surface area contributed by atoms with Gasteiger partial charge in [0.15, 0.2) is 0 Å². The molecule has 0 N–H and O–H groups in total. The van der Waals surface area contributed by atoms with Crippen LogP contribution in [0.5, 0.6) is 0 Å². The molecule has 5 heteroatoms. The Labute approximate surface area is 94.9 Å². The maximum Gasteiger partial charge on any atom is 0.242 e. The van der Waals surface area contributed by atoms with Crippen molar-refractivity contribution in [3.05, 3.63) is 30.1 Å². The minimum absolute atomic E-state index is 0.150. The second-order valence-corrected chi connectivity index (χ2v) is 6.23. The molecule has 1 aliphatic carbocycles. The Hall–Kier alpha value is -0.940. The van der Waals surface area contributed by atoms with Crippen LogP contribution < -0.4 is 0 Å². The lowest BCUT2D eigenvalue weighted by Gasteiger charge is -2.16. The fraction of sp³-hybridized carbons (Fsp3) is 0.455. The summed E-state index contributed by atoms with van der Waals surface area (Å²) in [5.41, 5.74) is 0. The van der Waals surface area contributed by atoms with Crippen LogP contribution in [-0.4, -0.2) is 26.3 Å². The molecule has 1 aliphatic rings. The predicted molar refractivity (Wildman–Crippen MR) is 58.9 cm³/mol. The highest BCUT2D eigenvalue weighted by atomic mass is 32.2. The first-order chi connectivity index (χ1) is 7.50. The summed E-state index contributed by atoms with van der Waals surface area (Å²) in [7, 11) is -1.88. The molecule has 1 fully saturated rings. The molecule has 0 spiro atoms. The van der Waals surface area contributed by atoms with Crippen LogP contribution in [0.2, 0.25) is 0 Å². The van der Waals surface area contributed by atoms with Crippen molar-refractivity contribution >= 4 is 10.0 Å². The lowest BCUT2D eigenvalue weighted by molar-refractivity contribution is 0.452. The Morgan fingerprint density at radius 3 is 2.38 bits per heavy atom. The fourth-order valence-electron chi connectivity index (χ4n) is 1.55.